The van der Waals surface area contributed by atoms with E-state index in [0.717, 1.165) is 41.6 Å². The summed E-state index contributed by atoms with van der Waals surface area (Å²) in [5.41, 5.74) is 2.71. The molecule has 0 aliphatic carbocycles. The minimum Gasteiger partial charge on any atom is -0.497 e. The van der Waals surface area contributed by atoms with Gasteiger partial charge in [0.1, 0.15) is 10.8 Å². The van der Waals surface area contributed by atoms with E-state index < -0.39 is 0 Å². The highest BCUT2D eigenvalue weighted by molar-refractivity contribution is 7.09. The zero-order valence-electron chi connectivity index (χ0n) is 17.2. The van der Waals surface area contributed by atoms with Crippen LogP contribution in [-0.2, 0) is 6.54 Å². The summed E-state index contributed by atoms with van der Waals surface area (Å²) in [6.45, 7) is 4.06. The van der Waals surface area contributed by atoms with Gasteiger partial charge in [0.15, 0.2) is 11.5 Å². The highest BCUT2D eigenvalue weighted by atomic mass is 32.1. The van der Waals surface area contributed by atoms with E-state index in [1.54, 1.807) is 36.6 Å². The molecule has 1 aromatic heterocycles. The molecule has 5 rings (SSSR count). The Kier molecular flexibility index (Phi) is 5.48. The minimum absolute atomic E-state index is 0.0361. The second-order valence-corrected chi connectivity index (χ2v) is 8.43. The Hall–Kier alpha value is -3.10. The van der Waals surface area contributed by atoms with E-state index in [1.807, 2.05) is 29.2 Å². The van der Waals surface area contributed by atoms with E-state index in [2.05, 4.69) is 10.3 Å². The highest BCUT2D eigenvalue weighted by Crippen LogP contribution is 2.33. The number of carbonyl (C=O) groups excluding carboxylic acids is 1. The maximum Gasteiger partial charge on any atom is 0.254 e. The monoisotopic (exact) mass is 437 g/mol. The molecule has 0 bridgehead atoms. The Morgan fingerprint density at radius 3 is 2.61 bits per heavy atom. The second kappa shape index (κ2) is 8.56. The van der Waals surface area contributed by atoms with Crippen LogP contribution in [0.1, 0.15) is 15.4 Å². The number of thiazole rings is 1. The number of amides is 1. The van der Waals surface area contributed by atoms with E-state index in [9.17, 15) is 4.79 Å². The topological polar surface area (TPSA) is 64.1 Å². The zero-order chi connectivity index (χ0) is 21.2. The lowest BCUT2D eigenvalue weighted by atomic mass is 10.1. The van der Waals surface area contributed by atoms with Crippen LogP contribution < -0.4 is 14.2 Å². The van der Waals surface area contributed by atoms with Gasteiger partial charge in [0.2, 0.25) is 6.79 Å². The van der Waals surface area contributed by atoms with Crippen LogP contribution in [0.25, 0.3) is 11.3 Å². The third-order valence-electron chi connectivity index (χ3n) is 5.58. The van der Waals surface area contributed by atoms with Crippen LogP contribution in [0.2, 0.25) is 0 Å². The van der Waals surface area contributed by atoms with Crippen LogP contribution in [0.3, 0.4) is 0 Å². The second-order valence-electron chi connectivity index (χ2n) is 7.49. The van der Waals surface area contributed by atoms with Gasteiger partial charge in [-0.2, -0.15) is 0 Å². The number of ether oxygens (including phenoxy) is 3. The van der Waals surface area contributed by atoms with Gasteiger partial charge in [-0.25, -0.2) is 4.98 Å². The van der Waals surface area contributed by atoms with Crippen LogP contribution in [-0.4, -0.2) is 60.8 Å². The van der Waals surface area contributed by atoms with Crippen LogP contribution in [0.15, 0.2) is 47.8 Å². The van der Waals surface area contributed by atoms with Crippen molar-refractivity contribution in [2.75, 3.05) is 40.1 Å². The summed E-state index contributed by atoms with van der Waals surface area (Å²) in [5, 5.41) is 3.18. The molecule has 1 saturated heterocycles. The Morgan fingerprint density at radius 2 is 1.84 bits per heavy atom. The fourth-order valence-electron chi connectivity index (χ4n) is 3.79. The molecule has 0 N–H and O–H groups in total. The molecule has 2 aliphatic heterocycles. The smallest absolute Gasteiger partial charge is 0.254 e. The number of hydrogen-bond acceptors (Lipinski definition) is 7. The standard InChI is InChI=1S/C23H23N3O4S/c1-28-18-5-2-16(3-6-18)19-14-31-22(24-19)13-25-8-10-26(11-9-25)23(27)17-4-7-20-21(12-17)30-15-29-20/h2-7,12,14H,8-11,13,15H2,1H3. The van der Waals surface area contributed by atoms with Crippen molar-refractivity contribution in [1.29, 1.82) is 0 Å². The molecule has 2 aliphatic rings. The summed E-state index contributed by atoms with van der Waals surface area (Å²) in [6, 6.07) is 13.3. The fraction of sp³-hybridized carbons (Fsp3) is 0.304. The number of aromatic nitrogens is 1. The van der Waals surface area contributed by atoms with Crippen molar-refractivity contribution in [2.24, 2.45) is 0 Å². The third kappa shape index (κ3) is 4.22. The van der Waals surface area contributed by atoms with E-state index in [4.69, 9.17) is 19.2 Å². The Morgan fingerprint density at radius 1 is 1.06 bits per heavy atom. The van der Waals surface area contributed by atoms with Crippen molar-refractivity contribution >= 4 is 17.2 Å². The predicted octanol–water partition coefficient (Wildman–Crippen LogP) is 3.51. The van der Waals surface area contributed by atoms with Crippen molar-refractivity contribution < 1.29 is 19.0 Å². The number of methoxy groups -OCH3 is 1. The lowest BCUT2D eigenvalue weighted by Crippen LogP contribution is -2.48. The number of piperazine rings is 1. The molecule has 0 unspecified atom stereocenters. The van der Waals surface area contributed by atoms with Gasteiger partial charge in [0, 0.05) is 42.7 Å². The van der Waals surface area contributed by atoms with Crippen molar-refractivity contribution in [3.8, 4) is 28.5 Å². The molecule has 31 heavy (non-hydrogen) atoms. The normalized spacial score (nSPS) is 15.8. The van der Waals surface area contributed by atoms with Crippen molar-refractivity contribution in [1.82, 2.24) is 14.8 Å². The molecular weight excluding hydrogens is 414 g/mol. The predicted molar refractivity (Wildman–Crippen MR) is 118 cm³/mol. The molecule has 0 radical (unpaired) electrons. The van der Waals surface area contributed by atoms with Crippen LogP contribution in [0, 0.1) is 0 Å². The van der Waals surface area contributed by atoms with Crippen molar-refractivity contribution in [3.63, 3.8) is 0 Å². The average molecular weight is 438 g/mol. The van der Waals surface area contributed by atoms with Gasteiger partial charge in [0.25, 0.3) is 5.91 Å². The lowest BCUT2D eigenvalue weighted by molar-refractivity contribution is 0.0628. The zero-order valence-corrected chi connectivity index (χ0v) is 18.1. The van der Waals surface area contributed by atoms with Gasteiger partial charge in [-0.1, -0.05) is 0 Å². The molecule has 0 saturated carbocycles. The highest BCUT2D eigenvalue weighted by Gasteiger charge is 2.24. The van der Waals surface area contributed by atoms with Crippen LogP contribution >= 0.6 is 11.3 Å². The summed E-state index contributed by atoms with van der Waals surface area (Å²) < 4.78 is 15.9. The Balaban J connectivity index is 1.17. The quantitative estimate of drug-likeness (QED) is 0.609. The Labute approximate surface area is 184 Å². The SMILES string of the molecule is COc1ccc(-c2csc(CN3CCN(C(=O)c4ccc5c(c4)OCO5)CC3)n2)cc1. The number of hydrogen-bond donors (Lipinski definition) is 0. The van der Waals surface area contributed by atoms with Gasteiger partial charge < -0.3 is 19.1 Å². The number of nitrogens with zero attached hydrogens (tertiary/aromatic N) is 3. The maximum atomic E-state index is 12.9. The summed E-state index contributed by atoms with van der Waals surface area (Å²) >= 11 is 1.67. The summed E-state index contributed by atoms with van der Waals surface area (Å²) in [6.07, 6.45) is 0. The maximum absolute atomic E-state index is 12.9. The first-order valence-corrected chi connectivity index (χ1v) is 11.1. The molecule has 8 heteroatoms. The largest absolute Gasteiger partial charge is 0.497 e. The third-order valence-corrected chi connectivity index (χ3v) is 6.41. The number of fused-ring (bicyclic) bond motifs is 1. The fourth-order valence-corrected chi connectivity index (χ4v) is 4.64. The molecule has 160 valence electrons. The van der Waals surface area contributed by atoms with E-state index in [1.165, 1.54) is 0 Å². The first-order valence-electron chi connectivity index (χ1n) is 10.2. The molecule has 7 nitrogen and oxygen atoms in total. The molecule has 1 fully saturated rings. The average Bonchev–Trinajstić information content (AvgIpc) is 3.48. The van der Waals surface area contributed by atoms with Gasteiger partial charge in [-0.3, -0.25) is 9.69 Å². The Bertz CT molecular complexity index is 1070. The van der Waals surface area contributed by atoms with Crippen molar-refractivity contribution in [2.45, 2.75) is 6.54 Å². The van der Waals surface area contributed by atoms with E-state index in [0.29, 0.717) is 30.2 Å². The van der Waals surface area contributed by atoms with Gasteiger partial charge in [-0.05, 0) is 42.5 Å². The first kappa shape index (κ1) is 19.8. The van der Waals surface area contributed by atoms with E-state index >= 15 is 0 Å². The van der Waals surface area contributed by atoms with Crippen LogP contribution in [0.5, 0.6) is 17.2 Å². The van der Waals surface area contributed by atoms with Gasteiger partial charge in [0.05, 0.1) is 19.3 Å². The number of carbonyl (C=O) groups is 1. The van der Waals surface area contributed by atoms with E-state index in [-0.39, 0.29) is 12.7 Å². The summed E-state index contributed by atoms with van der Waals surface area (Å²) in [4.78, 5) is 21.9. The number of benzene rings is 2. The molecule has 0 spiro atoms. The van der Waals surface area contributed by atoms with Crippen molar-refractivity contribution in [3.05, 3.63) is 58.4 Å². The minimum atomic E-state index is 0.0361. The molecule has 1 amide bonds. The van der Waals surface area contributed by atoms with Gasteiger partial charge in [-0.15, -0.1) is 11.3 Å². The van der Waals surface area contributed by atoms with Crippen LogP contribution in [0.4, 0.5) is 0 Å². The molecule has 3 aromatic rings. The lowest BCUT2D eigenvalue weighted by Gasteiger charge is -2.34. The molecule has 3 heterocycles. The number of rotatable bonds is 5. The first-order chi connectivity index (χ1) is 15.2. The summed E-state index contributed by atoms with van der Waals surface area (Å²) in [7, 11) is 1.67. The molecule has 2 aromatic carbocycles. The molecular formula is C23H23N3O4S. The van der Waals surface area contributed by atoms with Gasteiger partial charge >= 0.3 is 0 Å². The summed E-state index contributed by atoms with van der Waals surface area (Å²) in [5.74, 6) is 2.21. The molecule has 0 atom stereocenters.